The second-order valence-electron chi connectivity index (χ2n) is 10.1. The lowest BCUT2D eigenvalue weighted by Crippen LogP contribution is -2.46. The summed E-state index contributed by atoms with van der Waals surface area (Å²) in [5, 5.41) is 10.8. The van der Waals surface area contributed by atoms with E-state index in [1.54, 1.807) is 0 Å². The monoisotopic (exact) mass is 467 g/mol. The standard InChI is InChI=1S/C30H42FNO2/c1-3-5-7-8-9-10-23-12-17-28(32-22-23)26-15-13-24(14-16-26)25-18-20-30(34,21-19-25)29(33)27(31)11-6-4-2/h12-17,22,25,27,34H,3-11,18-21H2,1-2H3. The molecule has 0 aliphatic heterocycles. The lowest BCUT2D eigenvalue weighted by atomic mass is 9.73. The fourth-order valence-corrected chi connectivity index (χ4v) is 5.08. The Balaban J connectivity index is 1.52. The van der Waals surface area contributed by atoms with E-state index in [1.165, 1.54) is 43.2 Å². The highest BCUT2D eigenvalue weighted by Gasteiger charge is 2.43. The normalized spacial score (nSPS) is 21.4. The summed E-state index contributed by atoms with van der Waals surface area (Å²) in [5.74, 6) is -0.316. The number of hydrogen-bond acceptors (Lipinski definition) is 3. The van der Waals surface area contributed by atoms with Crippen LogP contribution in [0.25, 0.3) is 11.3 Å². The zero-order valence-electron chi connectivity index (χ0n) is 21.1. The van der Waals surface area contributed by atoms with E-state index in [0.717, 1.165) is 24.1 Å². The molecule has 1 saturated carbocycles. The number of benzene rings is 1. The Labute approximate surface area is 205 Å². The minimum Gasteiger partial charge on any atom is -0.382 e. The third-order valence-electron chi connectivity index (χ3n) is 7.44. The highest BCUT2D eigenvalue weighted by molar-refractivity contribution is 5.91. The van der Waals surface area contributed by atoms with Crippen LogP contribution in [0.3, 0.4) is 0 Å². The zero-order valence-corrected chi connectivity index (χ0v) is 21.1. The van der Waals surface area contributed by atoms with Crippen LogP contribution in [-0.4, -0.2) is 27.6 Å². The number of aliphatic hydroxyl groups is 1. The number of aryl methyl sites for hydroxylation is 1. The summed E-state index contributed by atoms with van der Waals surface area (Å²) in [6, 6.07) is 12.8. The molecule has 0 saturated heterocycles. The third kappa shape index (κ3) is 7.21. The number of pyridine rings is 1. The lowest BCUT2D eigenvalue weighted by molar-refractivity contribution is -0.146. The van der Waals surface area contributed by atoms with E-state index in [2.05, 4.69) is 48.3 Å². The van der Waals surface area contributed by atoms with Crippen molar-refractivity contribution in [2.45, 2.75) is 115 Å². The molecule has 1 fully saturated rings. The molecule has 34 heavy (non-hydrogen) atoms. The molecule has 3 nitrogen and oxygen atoms in total. The Morgan fingerprint density at radius 3 is 2.29 bits per heavy atom. The Morgan fingerprint density at radius 2 is 1.68 bits per heavy atom. The van der Waals surface area contributed by atoms with Crippen molar-refractivity contribution < 1.29 is 14.3 Å². The Bertz CT molecular complexity index is 870. The van der Waals surface area contributed by atoms with Gasteiger partial charge in [0.15, 0.2) is 12.0 Å². The van der Waals surface area contributed by atoms with E-state index in [0.29, 0.717) is 38.0 Å². The Morgan fingerprint density at radius 1 is 1.00 bits per heavy atom. The van der Waals surface area contributed by atoms with Crippen molar-refractivity contribution >= 4 is 5.78 Å². The second-order valence-corrected chi connectivity index (χ2v) is 10.1. The maximum absolute atomic E-state index is 14.3. The van der Waals surface area contributed by atoms with Gasteiger partial charge in [0.25, 0.3) is 0 Å². The van der Waals surface area contributed by atoms with Crippen molar-refractivity contribution in [3.05, 3.63) is 53.7 Å². The van der Waals surface area contributed by atoms with Crippen molar-refractivity contribution in [2.24, 2.45) is 0 Å². The molecule has 1 aliphatic carbocycles. The van der Waals surface area contributed by atoms with Crippen LogP contribution < -0.4 is 0 Å². The molecule has 3 rings (SSSR count). The number of alkyl halides is 1. The molecule has 0 amide bonds. The number of hydrogen-bond donors (Lipinski definition) is 1. The van der Waals surface area contributed by atoms with Gasteiger partial charge < -0.3 is 5.11 Å². The largest absolute Gasteiger partial charge is 0.382 e. The maximum Gasteiger partial charge on any atom is 0.198 e. The number of halogens is 1. The number of ketones is 1. The van der Waals surface area contributed by atoms with E-state index in [9.17, 15) is 14.3 Å². The number of nitrogens with zero attached hydrogens (tertiary/aromatic N) is 1. The minimum atomic E-state index is -1.54. The number of Topliss-reactive ketones (excluding diaryl/α,β-unsaturated/α-hetero) is 1. The van der Waals surface area contributed by atoms with E-state index >= 15 is 0 Å². The number of carbonyl (C=O) groups is 1. The molecule has 0 spiro atoms. The summed E-state index contributed by atoms with van der Waals surface area (Å²) in [7, 11) is 0. The van der Waals surface area contributed by atoms with Crippen LogP contribution in [0.15, 0.2) is 42.6 Å². The predicted molar refractivity (Wildman–Crippen MR) is 138 cm³/mol. The van der Waals surface area contributed by atoms with E-state index < -0.39 is 17.6 Å². The van der Waals surface area contributed by atoms with Gasteiger partial charge in [0.1, 0.15) is 5.60 Å². The van der Waals surface area contributed by atoms with Crippen molar-refractivity contribution in [3.8, 4) is 11.3 Å². The van der Waals surface area contributed by atoms with Gasteiger partial charge in [-0.25, -0.2) is 4.39 Å². The van der Waals surface area contributed by atoms with Crippen LogP contribution in [0.1, 0.15) is 108 Å². The highest BCUT2D eigenvalue weighted by Crippen LogP contribution is 2.40. The van der Waals surface area contributed by atoms with Crippen molar-refractivity contribution in [3.63, 3.8) is 0 Å². The van der Waals surface area contributed by atoms with Crippen LogP contribution in [0.4, 0.5) is 4.39 Å². The minimum absolute atomic E-state index is 0.219. The first-order valence-electron chi connectivity index (χ1n) is 13.4. The Kier molecular flexibility index (Phi) is 10.2. The van der Waals surface area contributed by atoms with Crippen LogP contribution in [0, 0.1) is 0 Å². The van der Waals surface area contributed by atoms with Crippen LogP contribution in [-0.2, 0) is 11.2 Å². The summed E-state index contributed by atoms with van der Waals surface area (Å²) < 4.78 is 14.3. The third-order valence-corrected chi connectivity index (χ3v) is 7.44. The summed E-state index contributed by atoms with van der Waals surface area (Å²) in [5.41, 5.74) is 3.09. The molecule has 0 radical (unpaired) electrons. The fraction of sp³-hybridized carbons (Fsp3) is 0.600. The summed E-state index contributed by atoms with van der Waals surface area (Å²) in [6.45, 7) is 4.22. The molecule has 4 heteroatoms. The van der Waals surface area contributed by atoms with E-state index in [-0.39, 0.29) is 6.42 Å². The van der Waals surface area contributed by atoms with Gasteiger partial charge in [0.2, 0.25) is 0 Å². The molecule has 186 valence electrons. The van der Waals surface area contributed by atoms with Crippen LogP contribution >= 0.6 is 0 Å². The summed E-state index contributed by atoms with van der Waals surface area (Å²) in [4.78, 5) is 17.1. The molecule has 1 N–H and O–H groups in total. The van der Waals surface area contributed by atoms with Gasteiger partial charge >= 0.3 is 0 Å². The molecule has 1 aliphatic rings. The van der Waals surface area contributed by atoms with Crippen molar-refractivity contribution in [1.29, 1.82) is 0 Å². The van der Waals surface area contributed by atoms with Gasteiger partial charge in [-0.15, -0.1) is 0 Å². The first-order chi connectivity index (χ1) is 16.5. The van der Waals surface area contributed by atoms with Gasteiger partial charge in [0, 0.05) is 11.8 Å². The zero-order chi connectivity index (χ0) is 24.4. The molecule has 1 aromatic heterocycles. The highest BCUT2D eigenvalue weighted by atomic mass is 19.1. The van der Waals surface area contributed by atoms with Gasteiger partial charge in [0.05, 0.1) is 5.69 Å². The first kappa shape index (κ1) is 26.5. The summed E-state index contributed by atoms with van der Waals surface area (Å²) >= 11 is 0. The average Bonchev–Trinajstić information content (AvgIpc) is 2.87. The van der Waals surface area contributed by atoms with E-state index in [4.69, 9.17) is 0 Å². The van der Waals surface area contributed by atoms with Gasteiger partial charge in [-0.1, -0.05) is 82.7 Å². The average molecular weight is 468 g/mol. The van der Waals surface area contributed by atoms with Crippen LogP contribution in [0.2, 0.25) is 0 Å². The maximum atomic E-state index is 14.3. The first-order valence-corrected chi connectivity index (χ1v) is 13.4. The summed E-state index contributed by atoms with van der Waals surface area (Å²) in [6.07, 6.45) is 11.8. The smallest absolute Gasteiger partial charge is 0.198 e. The molecule has 1 aromatic carbocycles. The van der Waals surface area contributed by atoms with E-state index in [1.807, 2.05) is 13.1 Å². The van der Waals surface area contributed by atoms with Gasteiger partial charge in [-0.05, 0) is 68.1 Å². The lowest BCUT2D eigenvalue weighted by Gasteiger charge is -2.35. The number of rotatable bonds is 13. The number of carbonyl (C=O) groups excluding carboxylic acids is 1. The second kappa shape index (κ2) is 13.1. The topological polar surface area (TPSA) is 50.2 Å². The molecule has 1 unspecified atom stereocenters. The van der Waals surface area contributed by atoms with Gasteiger partial charge in [-0.3, -0.25) is 9.78 Å². The SMILES string of the molecule is CCCCCCCc1ccc(-c2ccc(C3CCC(O)(C(=O)C(F)CCCC)CC3)cc2)nc1. The molecule has 2 aromatic rings. The number of unbranched alkanes of at least 4 members (excludes halogenated alkanes) is 5. The molecular weight excluding hydrogens is 425 g/mol. The molecule has 1 atom stereocenters. The molecular formula is C30H42FNO2. The predicted octanol–water partition coefficient (Wildman–Crippen LogP) is 7.75. The Hall–Kier alpha value is -2.07. The van der Waals surface area contributed by atoms with Crippen LogP contribution in [0.5, 0.6) is 0 Å². The number of aromatic nitrogens is 1. The fourth-order valence-electron chi connectivity index (χ4n) is 5.08. The van der Waals surface area contributed by atoms with Gasteiger partial charge in [-0.2, -0.15) is 0 Å². The van der Waals surface area contributed by atoms with Crippen molar-refractivity contribution in [1.82, 2.24) is 4.98 Å². The quantitative estimate of drug-likeness (QED) is 0.306. The molecule has 0 bridgehead atoms. The van der Waals surface area contributed by atoms with Crippen molar-refractivity contribution in [2.75, 3.05) is 0 Å². The molecule has 1 heterocycles.